The lowest BCUT2D eigenvalue weighted by Crippen LogP contribution is -2.40. The van der Waals surface area contributed by atoms with E-state index < -0.39 is 16.6 Å². The maximum atomic E-state index is 13.7. The molecule has 2 rings (SSSR count). The number of rotatable bonds is 4. The number of nitro groups is 1. The number of amides is 1. The molecule has 1 aromatic rings. The lowest BCUT2D eigenvalue weighted by atomic mass is 10.0. The van der Waals surface area contributed by atoms with Gasteiger partial charge in [0.15, 0.2) is 0 Å². The zero-order valence-electron chi connectivity index (χ0n) is 10.8. The summed E-state index contributed by atoms with van der Waals surface area (Å²) in [7, 11) is 0. The van der Waals surface area contributed by atoms with Gasteiger partial charge in [-0.05, 0) is 31.4 Å². The van der Waals surface area contributed by atoms with E-state index in [-0.39, 0.29) is 23.2 Å². The first-order valence-corrected chi connectivity index (χ1v) is 6.47. The topological polar surface area (TPSA) is 98.3 Å². The van der Waals surface area contributed by atoms with Crippen LogP contribution in [0.25, 0.3) is 0 Å². The van der Waals surface area contributed by atoms with Crippen LogP contribution in [0.15, 0.2) is 18.2 Å². The van der Waals surface area contributed by atoms with Crippen molar-refractivity contribution in [3.05, 3.63) is 39.7 Å². The Hall–Kier alpha value is -2.02. The normalized spacial score (nSPS) is 21.7. The van der Waals surface area contributed by atoms with Crippen molar-refractivity contribution in [1.29, 1.82) is 0 Å². The first-order valence-electron chi connectivity index (χ1n) is 6.47. The molecule has 108 valence electrons. The Morgan fingerprint density at radius 2 is 2.25 bits per heavy atom. The van der Waals surface area contributed by atoms with Gasteiger partial charge in [-0.3, -0.25) is 14.9 Å². The van der Waals surface area contributed by atoms with Crippen molar-refractivity contribution in [2.45, 2.75) is 25.3 Å². The van der Waals surface area contributed by atoms with E-state index in [1.54, 1.807) is 0 Å². The minimum atomic E-state index is -0.890. The highest BCUT2D eigenvalue weighted by Crippen LogP contribution is 2.25. The van der Waals surface area contributed by atoms with Gasteiger partial charge in [0.25, 0.3) is 11.6 Å². The fourth-order valence-electron chi connectivity index (χ4n) is 2.56. The van der Waals surface area contributed by atoms with Gasteiger partial charge in [-0.15, -0.1) is 0 Å². The molecule has 0 bridgehead atoms. The van der Waals surface area contributed by atoms with Gasteiger partial charge >= 0.3 is 0 Å². The fourth-order valence-corrected chi connectivity index (χ4v) is 2.56. The zero-order chi connectivity index (χ0) is 14.7. The molecule has 0 spiro atoms. The van der Waals surface area contributed by atoms with E-state index in [0.29, 0.717) is 6.54 Å². The molecule has 0 radical (unpaired) electrons. The maximum absolute atomic E-state index is 13.7. The van der Waals surface area contributed by atoms with Gasteiger partial charge in [-0.25, -0.2) is 4.39 Å². The Balaban J connectivity index is 2.11. The molecule has 0 heterocycles. The van der Waals surface area contributed by atoms with Crippen LogP contribution in [0.2, 0.25) is 0 Å². The summed E-state index contributed by atoms with van der Waals surface area (Å²) < 4.78 is 13.7. The first kappa shape index (κ1) is 14.4. The van der Waals surface area contributed by atoms with E-state index >= 15 is 0 Å². The molecular formula is C13H16FN3O3. The Kier molecular flexibility index (Phi) is 4.29. The zero-order valence-corrected chi connectivity index (χ0v) is 10.8. The number of nitrogens with one attached hydrogen (secondary N) is 1. The number of benzene rings is 1. The molecule has 0 aromatic heterocycles. The van der Waals surface area contributed by atoms with Crippen LogP contribution < -0.4 is 11.1 Å². The molecule has 2 atom stereocenters. The smallest absolute Gasteiger partial charge is 0.272 e. The molecule has 1 aliphatic rings. The van der Waals surface area contributed by atoms with E-state index in [2.05, 4.69) is 5.32 Å². The third kappa shape index (κ3) is 2.93. The molecule has 20 heavy (non-hydrogen) atoms. The summed E-state index contributed by atoms with van der Waals surface area (Å²) in [6, 6.07) is 2.95. The number of carbonyl (C=O) groups is 1. The van der Waals surface area contributed by atoms with Crippen molar-refractivity contribution in [2.24, 2.45) is 11.7 Å². The summed E-state index contributed by atoms with van der Waals surface area (Å²) in [5.74, 6) is -1.23. The van der Waals surface area contributed by atoms with E-state index in [1.165, 1.54) is 0 Å². The fraction of sp³-hybridized carbons (Fsp3) is 0.462. The van der Waals surface area contributed by atoms with Crippen LogP contribution in [-0.4, -0.2) is 23.4 Å². The van der Waals surface area contributed by atoms with Crippen molar-refractivity contribution in [3.8, 4) is 0 Å². The molecule has 2 unspecified atom stereocenters. The quantitative estimate of drug-likeness (QED) is 0.646. The van der Waals surface area contributed by atoms with Crippen LogP contribution in [0.5, 0.6) is 0 Å². The number of carbonyl (C=O) groups excluding carboxylic acids is 1. The van der Waals surface area contributed by atoms with Gasteiger partial charge in [-0.2, -0.15) is 0 Å². The van der Waals surface area contributed by atoms with Gasteiger partial charge in [0.05, 0.1) is 16.6 Å². The molecular weight excluding hydrogens is 265 g/mol. The highest BCUT2D eigenvalue weighted by molar-refractivity contribution is 5.94. The third-order valence-corrected chi connectivity index (χ3v) is 3.69. The maximum Gasteiger partial charge on any atom is 0.272 e. The Bertz CT molecular complexity index is 536. The van der Waals surface area contributed by atoms with Crippen LogP contribution in [0.4, 0.5) is 10.1 Å². The van der Waals surface area contributed by atoms with Crippen molar-refractivity contribution in [2.75, 3.05) is 6.54 Å². The number of halogens is 1. The van der Waals surface area contributed by atoms with E-state index in [0.717, 1.165) is 37.5 Å². The molecule has 1 amide bonds. The monoisotopic (exact) mass is 281 g/mol. The van der Waals surface area contributed by atoms with Crippen molar-refractivity contribution < 1.29 is 14.1 Å². The first-order chi connectivity index (χ1) is 9.52. The van der Waals surface area contributed by atoms with Crippen molar-refractivity contribution in [1.82, 2.24) is 5.32 Å². The predicted octanol–water partition coefficient (Wildman–Crippen LogP) is 1.59. The molecule has 1 saturated carbocycles. The molecule has 1 fully saturated rings. The van der Waals surface area contributed by atoms with Gasteiger partial charge in [0.2, 0.25) is 0 Å². The van der Waals surface area contributed by atoms with Crippen LogP contribution in [-0.2, 0) is 0 Å². The Morgan fingerprint density at radius 3 is 2.85 bits per heavy atom. The van der Waals surface area contributed by atoms with Crippen LogP contribution >= 0.6 is 0 Å². The molecule has 1 aliphatic carbocycles. The molecule has 7 heteroatoms. The second-order valence-electron chi connectivity index (χ2n) is 4.93. The number of nitrogens with zero attached hydrogens (tertiary/aromatic N) is 1. The Labute approximate surface area is 115 Å². The van der Waals surface area contributed by atoms with Gasteiger partial charge < -0.3 is 11.1 Å². The average Bonchev–Trinajstić information content (AvgIpc) is 2.85. The van der Waals surface area contributed by atoms with Gasteiger partial charge in [0.1, 0.15) is 5.82 Å². The lowest BCUT2D eigenvalue weighted by molar-refractivity contribution is -0.385. The van der Waals surface area contributed by atoms with Gasteiger partial charge in [-0.1, -0.05) is 6.42 Å². The average molecular weight is 281 g/mol. The third-order valence-electron chi connectivity index (χ3n) is 3.69. The molecule has 3 N–H and O–H groups in total. The second kappa shape index (κ2) is 5.96. The number of hydrogen-bond acceptors (Lipinski definition) is 4. The molecule has 0 saturated heterocycles. The van der Waals surface area contributed by atoms with Crippen molar-refractivity contribution in [3.63, 3.8) is 0 Å². The molecule has 1 aromatic carbocycles. The highest BCUT2D eigenvalue weighted by Gasteiger charge is 2.28. The number of hydrogen-bond donors (Lipinski definition) is 2. The van der Waals surface area contributed by atoms with Crippen LogP contribution in [0.1, 0.15) is 29.6 Å². The number of nitro benzene ring substituents is 1. The van der Waals surface area contributed by atoms with E-state index in [1.807, 2.05) is 0 Å². The summed E-state index contributed by atoms with van der Waals surface area (Å²) in [5.41, 5.74) is 5.06. The predicted molar refractivity (Wildman–Crippen MR) is 70.7 cm³/mol. The summed E-state index contributed by atoms with van der Waals surface area (Å²) in [6.45, 7) is 0.480. The SMILES string of the molecule is NCC1CCCC1NC(=O)c1ccc([N+](=O)[O-])cc1F. The summed E-state index contributed by atoms with van der Waals surface area (Å²) >= 11 is 0. The Morgan fingerprint density at radius 1 is 1.50 bits per heavy atom. The standard InChI is InChI=1S/C13H16FN3O3/c14-11-6-9(17(19)20)4-5-10(11)13(18)16-12-3-1-2-8(12)7-15/h4-6,8,12H,1-3,7,15H2,(H,16,18). The summed E-state index contributed by atoms with van der Waals surface area (Å²) in [6.07, 6.45) is 2.75. The lowest BCUT2D eigenvalue weighted by Gasteiger charge is -2.19. The largest absolute Gasteiger partial charge is 0.349 e. The molecule has 6 nitrogen and oxygen atoms in total. The minimum absolute atomic E-state index is 0.0536. The van der Waals surface area contributed by atoms with Crippen LogP contribution in [0.3, 0.4) is 0 Å². The summed E-state index contributed by atoms with van der Waals surface area (Å²) in [5, 5.41) is 13.3. The van der Waals surface area contributed by atoms with E-state index in [9.17, 15) is 19.3 Å². The second-order valence-corrected chi connectivity index (χ2v) is 4.93. The molecule has 0 aliphatic heterocycles. The minimum Gasteiger partial charge on any atom is -0.349 e. The van der Waals surface area contributed by atoms with Gasteiger partial charge in [0, 0.05) is 12.1 Å². The number of nitrogens with two attached hydrogens (primary N) is 1. The highest BCUT2D eigenvalue weighted by atomic mass is 19.1. The van der Waals surface area contributed by atoms with E-state index in [4.69, 9.17) is 5.73 Å². The number of non-ortho nitro benzene ring substituents is 1. The van der Waals surface area contributed by atoms with Crippen LogP contribution in [0, 0.1) is 21.8 Å². The van der Waals surface area contributed by atoms with Crippen molar-refractivity contribution >= 4 is 11.6 Å². The summed E-state index contributed by atoms with van der Waals surface area (Å²) in [4.78, 5) is 21.8.